The van der Waals surface area contributed by atoms with Crippen molar-refractivity contribution in [3.8, 4) is 5.75 Å². The molecular weight excluding hydrogens is 232 g/mol. The zero-order valence-electron chi connectivity index (χ0n) is 9.54. The van der Waals surface area contributed by atoms with Crippen LogP contribution in [0.25, 0.3) is 0 Å². The van der Waals surface area contributed by atoms with Crippen molar-refractivity contribution in [2.75, 3.05) is 5.32 Å². The summed E-state index contributed by atoms with van der Waals surface area (Å²) in [5.41, 5.74) is 0. The van der Waals surface area contributed by atoms with E-state index in [4.69, 9.17) is 4.42 Å². The molecule has 1 aliphatic carbocycles. The first-order valence-corrected chi connectivity index (χ1v) is 5.74. The molecule has 5 heteroatoms. The molecule has 0 aromatic carbocycles. The number of hydrogen-bond acceptors (Lipinski definition) is 4. The van der Waals surface area contributed by atoms with Crippen LogP contribution in [0, 0.1) is 5.92 Å². The Bertz CT molecular complexity index is 565. The van der Waals surface area contributed by atoms with Crippen LogP contribution >= 0.6 is 0 Å². The van der Waals surface area contributed by atoms with Gasteiger partial charge in [0, 0.05) is 18.0 Å². The summed E-state index contributed by atoms with van der Waals surface area (Å²) < 4.78 is 5.27. The lowest BCUT2D eigenvalue weighted by Crippen LogP contribution is -2.15. The van der Waals surface area contributed by atoms with Crippen molar-refractivity contribution < 1.29 is 14.3 Å². The highest BCUT2D eigenvalue weighted by molar-refractivity contribution is 5.95. The summed E-state index contributed by atoms with van der Waals surface area (Å²) in [6, 6.07) is 6.77. The van der Waals surface area contributed by atoms with Crippen LogP contribution in [0.2, 0.25) is 0 Å². The molecule has 3 rings (SSSR count). The van der Waals surface area contributed by atoms with Gasteiger partial charge in [-0.05, 0) is 30.7 Å². The van der Waals surface area contributed by atoms with Gasteiger partial charge in [0.05, 0.1) is 6.26 Å². The maximum Gasteiger partial charge on any atom is 0.229 e. The number of rotatable bonds is 3. The minimum Gasteiger partial charge on any atom is -0.504 e. The lowest BCUT2D eigenvalue weighted by molar-refractivity contribution is -0.117. The van der Waals surface area contributed by atoms with Gasteiger partial charge in [-0.1, -0.05) is 0 Å². The van der Waals surface area contributed by atoms with Gasteiger partial charge in [0.15, 0.2) is 11.6 Å². The molecule has 1 fully saturated rings. The number of carbonyl (C=O) groups is 1. The molecular formula is C13H12N2O3. The van der Waals surface area contributed by atoms with Gasteiger partial charge in [-0.15, -0.1) is 0 Å². The van der Waals surface area contributed by atoms with E-state index in [0.29, 0.717) is 0 Å². The number of furan rings is 1. The Hall–Kier alpha value is -2.30. The summed E-state index contributed by atoms with van der Waals surface area (Å²) in [4.78, 5) is 15.8. The van der Waals surface area contributed by atoms with E-state index < -0.39 is 0 Å². The van der Waals surface area contributed by atoms with E-state index in [1.807, 2.05) is 12.1 Å². The average Bonchev–Trinajstić information content (AvgIpc) is 2.99. The van der Waals surface area contributed by atoms with E-state index in [1.54, 1.807) is 12.3 Å². The number of amides is 1. The Labute approximate surface area is 103 Å². The minimum atomic E-state index is -0.134. The number of carbonyl (C=O) groups excluding carboxylic acids is 1. The first-order chi connectivity index (χ1) is 8.75. The molecule has 1 saturated carbocycles. The Kier molecular flexibility index (Phi) is 2.51. The summed E-state index contributed by atoms with van der Waals surface area (Å²) in [5, 5.41) is 12.1. The molecule has 2 aromatic heterocycles. The standard InChI is InChI=1S/C13H12N2O3/c16-10-3-1-5-14-12(10)15-13(17)9-7-8(9)11-4-2-6-18-11/h1-6,8-9,16H,7H2,(H,14,15,17). The van der Waals surface area contributed by atoms with E-state index in [9.17, 15) is 9.90 Å². The molecule has 18 heavy (non-hydrogen) atoms. The molecule has 2 unspecified atom stereocenters. The van der Waals surface area contributed by atoms with Crippen LogP contribution < -0.4 is 5.32 Å². The first kappa shape index (κ1) is 10.8. The van der Waals surface area contributed by atoms with Crippen LogP contribution in [0.15, 0.2) is 41.1 Å². The molecule has 2 N–H and O–H groups in total. The number of pyridine rings is 1. The second-order valence-electron chi connectivity index (χ2n) is 4.32. The molecule has 0 aliphatic heterocycles. The van der Waals surface area contributed by atoms with E-state index >= 15 is 0 Å². The van der Waals surface area contributed by atoms with Crippen LogP contribution in [0.3, 0.4) is 0 Å². The molecule has 1 aliphatic rings. The summed E-state index contributed by atoms with van der Waals surface area (Å²) in [7, 11) is 0. The second-order valence-corrected chi connectivity index (χ2v) is 4.32. The van der Waals surface area contributed by atoms with Crippen molar-refractivity contribution in [2.24, 2.45) is 5.92 Å². The summed E-state index contributed by atoms with van der Waals surface area (Å²) in [5.74, 6) is 0.919. The number of nitrogens with zero attached hydrogens (tertiary/aromatic N) is 1. The van der Waals surface area contributed by atoms with E-state index in [-0.39, 0.29) is 29.3 Å². The second kappa shape index (κ2) is 4.18. The Morgan fingerprint density at radius 1 is 1.44 bits per heavy atom. The molecule has 5 nitrogen and oxygen atoms in total. The van der Waals surface area contributed by atoms with Gasteiger partial charge in [0.1, 0.15) is 5.76 Å². The summed E-state index contributed by atoms with van der Waals surface area (Å²) >= 11 is 0. The Morgan fingerprint density at radius 3 is 3.06 bits per heavy atom. The zero-order valence-corrected chi connectivity index (χ0v) is 9.54. The number of nitrogens with one attached hydrogen (secondary N) is 1. The topological polar surface area (TPSA) is 75.4 Å². The van der Waals surface area contributed by atoms with E-state index in [0.717, 1.165) is 12.2 Å². The summed E-state index contributed by atoms with van der Waals surface area (Å²) in [6.07, 6.45) is 3.90. The lowest BCUT2D eigenvalue weighted by Gasteiger charge is -2.04. The third-order valence-corrected chi connectivity index (χ3v) is 3.06. The third-order valence-electron chi connectivity index (χ3n) is 3.06. The van der Waals surface area contributed by atoms with Crippen molar-refractivity contribution in [3.63, 3.8) is 0 Å². The quantitative estimate of drug-likeness (QED) is 0.867. The smallest absolute Gasteiger partial charge is 0.229 e. The Morgan fingerprint density at radius 2 is 2.33 bits per heavy atom. The van der Waals surface area contributed by atoms with Crippen LogP contribution in [-0.2, 0) is 4.79 Å². The molecule has 2 aromatic rings. The van der Waals surface area contributed by atoms with Crippen molar-refractivity contribution in [2.45, 2.75) is 12.3 Å². The van der Waals surface area contributed by atoms with Crippen LogP contribution in [0.1, 0.15) is 18.1 Å². The van der Waals surface area contributed by atoms with Gasteiger partial charge in [-0.3, -0.25) is 4.79 Å². The fourth-order valence-corrected chi connectivity index (χ4v) is 2.00. The molecule has 0 spiro atoms. The average molecular weight is 244 g/mol. The monoisotopic (exact) mass is 244 g/mol. The fourth-order valence-electron chi connectivity index (χ4n) is 2.00. The van der Waals surface area contributed by atoms with E-state index in [1.165, 1.54) is 12.3 Å². The molecule has 2 heterocycles. The van der Waals surface area contributed by atoms with Crippen molar-refractivity contribution >= 4 is 11.7 Å². The van der Waals surface area contributed by atoms with Crippen molar-refractivity contribution in [1.29, 1.82) is 0 Å². The van der Waals surface area contributed by atoms with Gasteiger partial charge < -0.3 is 14.8 Å². The normalized spacial score (nSPS) is 21.6. The van der Waals surface area contributed by atoms with Gasteiger partial charge in [-0.25, -0.2) is 4.98 Å². The van der Waals surface area contributed by atoms with E-state index in [2.05, 4.69) is 10.3 Å². The van der Waals surface area contributed by atoms with Crippen molar-refractivity contribution in [3.05, 3.63) is 42.5 Å². The van der Waals surface area contributed by atoms with Gasteiger partial charge >= 0.3 is 0 Å². The SMILES string of the molecule is O=C(Nc1ncccc1O)C1CC1c1ccco1. The number of aromatic nitrogens is 1. The minimum absolute atomic E-state index is 0.0268. The lowest BCUT2D eigenvalue weighted by atomic mass is 10.2. The molecule has 0 saturated heterocycles. The number of aromatic hydroxyl groups is 1. The predicted molar refractivity (Wildman–Crippen MR) is 64.1 cm³/mol. The first-order valence-electron chi connectivity index (χ1n) is 5.74. The molecule has 0 bridgehead atoms. The predicted octanol–water partition coefficient (Wildman–Crippen LogP) is 2.12. The maximum atomic E-state index is 11.9. The fraction of sp³-hybridized carbons (Fsp3) is 0.231. The molecule has 1 amide bonds. The van der Waals surface area contributed by atoms with Crippen LogP contribution in [-0.4, -0.2) is 16.0 Å². The Balaban J connectivity index is 1.66. The van der Waals surface area contributed by atoms with Crippen LogP contribution in [0.5, 0.6) is 5.75 Å². The highest BCUT2D eigenvalue weighted by Gasteiger charge is 2.46. The van der Waals surface area contributed by atoms with Crippen LogP contribution in [0.4, 0.5) is 5.82 Å². The number of hydrogen-bond donors (Lipinski definition) is 2. The number of anilines is 1. The third kappa shape index (κ3) is 1.95. The molecule has 0 radical (unpaired) electrons. The highest BCUT2D eigenvalue weighted by atomic mass is 16.3. The largest absolute Gasteiger partial charge is 0.504 e. The van der Waals surface area contributed by atoms with Gasteiger partial charge in [-0.2, -0.15) is 0 Å². The highest BCUT2D eigenvalue weighted by Crippen LogP contribution is 2.48. The molecule has 2 atom stereocenters. The maximum absolute atomic E-state index is 11.9. The zero-order chi connectivity index (χ0) is 12.5. The van der Waals surface area contributed by atoms with Crippen molar-refractivity contribution in [1.82, 2.24) is 4.98 Å². The van der Waals surface area contributed by atoms with Gasteiger partial charge in [0.2, 0.25) is 5.91 Å². The van der Waals surface area contributed by atoms with Gasteiger partial charge in [0.25, 0.3) is 0 Å². The molecule has 92 valence electrons. The summed E-state index contributed by atoms with van der Waals surface area (Å²) in [6.45, 7) is 0.